The number of aromatic nitrogens is 2. The summed E-state index contributed by atoms with van der Waals surface area (Å²) in [5, 5.41) is 6.38. The second-order valence-corrected chi connectivity index (χ2v) is 9.61. The Morgan fingerprint density at radius 2 is 2.06 bits per heavy atom. The minimum atomic E-state index is -0.434. The largest absolute Gasteiger partial charge is 0.383 e. The van der Waals surface area contributed by atoms with Crippen LogP contribution < -0.4 is 15.5 Å². The normalized spacial score (nSPS) is 23.2. The van der Waals surface area contributed by atoms with Crippen molar-refractivity contribution in [3.05, 3.63) is 47.0 Å². The summed E-state index contributed by atoms with van der Waals surface area (Å²) >= 11 is 6.11. The minimum absolute atomic E-state index is 0.0517. The Hall–Kier alpha value is -2.91. The number of aromatic amines is 1. The number of carbonyl (C=O) groups is 3. The van der Waals surface area contributed by atoms with Crippen molar-refractivity contribution in [1.82, 2.24) is 20.6 Å². The van der Waals surface area contributed by atoms with E-state index in [1.807, 2.05) is 30.0 Å². The molecule has 1 aliphatic heterocycles. The smallest absolute Gasteiger partial charge is 0.272 e. The average molecular weight is 488 g/mol. The molecule has 1 saturated carbocycles. The van der Waals surface area contributed by atoms with E-state index >= 15 is 0 Å². The molecule has 0 bridgehead atoms. The molecule has 2 heterocycles. The number of ether oxygens (including phenoxy) is 1. The van der Waals surface area contributed by atoms with Gasteiger partial charge in [-0.1, -0.05) is 17.7 Å². The summed E-state index contributed by atoms with van der Waals surface area (Å²) in [7, 11) is 1.55. The zero-order valence-electron chi connectivity index (χ0n) is 19.4. The number of amides is 3. The van der Waals surface area contributed by atoms with Crippen molar-refractivity contribution in [2.45, 2.75) is 51.1 Å². The SMILES string of the molecule is COC[C@@H](C)NC(=O)c1nc[nH]c1C(=O)NC1CCC2(CC1)CCN(c1cccc(Cl)c1)C2=O. The van der Waals surface area contributed by atoms with Crippen LogP contribution in [0.5, 0.6) is 0 Å². The van der Waals surface area contributed by atoms with Crippen molar-refractivity contribution in [1.29, 1.82) is 0 Å². The fourth-order valence-corrected chi connectivity index (χ4v) is 5.15. The molecule has 2 aromatic rings. The van der Waals surface area contributed by atoms with Gasteiger partial charge < -0.3 is 25.3 Å². The highest BCUT2D eigenvalue weighted by molar-refractivity contribution is 6.31. The molecule has 1 atom stereocenters. The van der Waals surface area contributed by atoms with E-state index in [9.17, 15) is 14.4 Å². The van der Waals surface area contributed by atoms with Gasteiger partial charge in [0.2, 0.25) is 5.91 Å². The van der Waals surface area contributed by atoms with E-state index in [1.165, 1.54) is 6.33 Å². The molecule has 1 aliphatic carbocycles. The molecular weight excluding hydrogens is 458 g/mol. The van der Waals surface area contributed by atoms with Gasteiger partial charge in [0.05, 0.1) is 18.3 Å². The molecule has 9 nitrogen and oxygen atoms in total. The lowest BCUT2D eigenvalue weighted by atomic mass is 9.71. The van der Waals surface area contributed by atoms with Crippen LogP contribution in [-0.2, 0) is 9.53 Å². The van der Waals surface area contributed by atoms with Crippen LogP contribution in [0.25, 0.3) is 0 Å². The van der Waals surface area contributed by atoms with Gasteiger partial charge in [0.15, 0.2) is 5.69 Å². The van der Waals surface area contributed by atoms with Crippen molar-refractivity contribution in [2.24, 2.45) is 5.41 Å². The summed E-state index contributed by atoms with van der Waals surface area (Å²) in [4.78, 5) is 47.3. The average Bonchev–Trinajstić information content (AvgIpc) is 3.42. The number of methoxy groups -OCH3 is 1. The highest BCUT2D eigenvalue weighted by atomic mass is 35.5. The third kappa shape index (κ3) is 4.95. The van der Waals surface area contributed by atoms with Crippen molar-refractivity contribution >= 4 is 35.0 Å². The van der Waals surface area contributed by atoms with Crippen LogP contribution in [0.2, 0.25) is 5.02 Å². The molecule has 2 aliphatic rings. The highest BCUT2D eigenvalue weighted by Gasteiger charge is 2.48. The lowest BCUT2D eigenvalue weighted by Crippen LogP contribution is -2.44. The van der Waals surface area contributed by atoms with E-state index in [-0.39, 0.29) is 40.7 Å². The summed E-state index contributed by atoms with van der Waals surface area (Å²) in [5.41, 5.74) is 0.622. The zero-order chi connectivity index (χ0) is 24.3. The lowest BCUT2D eigenvalue weighted by molar-refractivity contribution is -0.127. The van der Waals surface area contributed by atoms with Crippen LogP contribution in [0.1, 0.15) is 60.0 Å². The first-order valence-corrected chi connectivity index (χ1v) is 11.9. The highest BCUT2D eigenvalue weighted by Crippen LogP contribution is 2.46. The van der Waals surface area contributed by atoms with Gasteiger partial charge >= 0.3 is 0 Å². The first-order valence-electron chi connectivity index (χ1n) is 11.5. The predicted molar refractivity (Wildman–Crippen MR) is 128 cm³/mol. The monoisotopic (exact) mass is 487 g/mol. The Bertz CT molecular complexity index is 1060. The number of halogens is 1. The Labute approximate surface area is 203 Å². The zero-order valence-corrected chi connectivity index (χ0v) is 20.2. The van der Waals surface area contributed by atoms with Crippen LogP contribution >= 0.6 is 11.6 Å². The number of H-pyrrole nitrogens is 1. The Morgan fingerprint density at radius 3 is 2.76 bits per heavy atom. The van der Waals surface area contributed by atoms with E-state index in [1.54, 1.807) is 13.2 Å². The molecular formula is C24H30ClN5O4. The molecule has 34 heavy (non-hydrogen) atoms. The number of anilines is 1. The quantitative estimate of drug-likeness (QED) is 0.555. The van der Waals surface area contributed by atoms with Gasteiger partial charge in [-0.3, -0.25) is 14.4 Å². The fraction of sp³-hybridized carbons (Fsp3) is 0.500. The van der Waals surface area contributed by atoms with E-state index in [0.717, 1.165) is 12.1 Å². The molecule has 1 spiro atoms. The third-order valence-corrected chi connectivity index (χ3v) is 7.02. The van der Waals surface area contributed by atoms with Gasteiger partial charge in [-0.25, -0.2) is 4.98 Å². The standard InChI is InChI=1S/C24H30ClN5O4/c1-15(13-34-2)28-21(31)19-20(27-14-26-19)22(32)29-17-6-8-24(9-7-17)10-11-30(23(24)33)18-5-3-4-16(25)12-18/h3-5,12,14-15,17H,6-11,13H2,1-2H3,(H,26,27)(H,28,31)(H,29,32)/t15-,17?,24?/m1/s1. The number of nitrogens with zero attached hydrogens (tertiary/aromatic N) is 2. The van der Waals surface area contributed by atoms with Gasteiger partial charge in [-0.15, -0.1) is 0 Å². The van der Waals surface area contributed by atoms with Crippen molar-refractivity contribution < 1.29 is 19.1 Å². The summed E-state index contributed by atoms with van der Waals surface area (Å²) in [6.07, 6.45) is 4.94. The number of carbonyl (C=O) groups excluding carboxylic acids is 3. The molecule has 10 heteroatoms. The Balaban J connectivity index is 1.34. The maximum Gasteiger partial charge on any atom is 0.272 e. The number of benzene rings is 1. The maximum absolute atomic E-state index is 13.3. The first-order chi connectivity index (χ1) is 16.3. The molecule has 2 fully saturated rings. The van der Waals surface area contributed by atoms with Crippen LogP contribution in [0.4, 0.5) is 5.69 Å². The molecule has 4 rings (SSSR count). The van der Waals surface area contributed by atoms with Crippen LogP contribution in [0, 0.1) is 5.41 Å². The second-order valence-electron chi connectivity index (χ2n) is 9.17. The van der Waals surface area contributed by atoms with Crippen molar-refractivity contribution in [3.8, 4) is 0 Å². The molecule has 0 unspecified atom stereocenters. The van der Waals surface area contributed by atoms with Gasteiger partial charge in [-0.05, 0) is 57.2 Å². The van der Waals surface area contributed by atoms with Crippen LogP contribution in [0.3, 0.4) is 0 Å². The molecule has 3 N–H and O–H groups in total. The van der Waals surface area contributed by atoms with E-state index in [2.05, 4.69) is 20.6 Å². The minimum Gasteiger partial charge on any atom is -0.383 e. The number of hydrogen-bond acceptors (Lipinski definition) is 5. The number of imidazole rings is 1. The summed E-state index contributed by atoms with van der Waals surface area (Å²) in [6, 6.07) is 7.09. The molecule has 0 radical (unpaired) electrons. The van der Waals surface area contributed by atoms with Gasteiger partial charge in [0, 0.05) is 36.4 Å². The van der Waals surface area contributed by atoms with E-state index in [4.69, 9.17) is 16.3 Å². The predicted octanol–water partition coefficient (Wildman–Crippen LogP) is 2.92. The summed E-state index contributed by atoms with van der Waals surface area (Å²) in [6.45, 7) is 2.84. The maximum atomic E-state index is 13.3. The molecule has 182 valence electrons. The topological polar surface area (TPSA) is 116 Å². The van der Waals surface area contributed by atoms with E-state index < -0.39 is 5.91 Å². The van der Waals surface area contributed by atoms with Crippen LogP contribution in [0.15, 0.2) is 30.6 Å². The number of hydrogen-bond donors (Lipinski definition) is 3. The Kier molecular flexibility index (Phi) is 7.23. The fourth-order valence-electron chi connectivity index (χ4n) is 4.97. The number of rotatable bonds is 7. The number of nitrogens with one attached hydrogen (secondary N) is 3. The molecule has 1 saturated heterocycles. The summed E-state index contributed by atoms with van der Waals surface area (Å²) in [5.74, 6) is -0.672. The van der Waals surface area contributed by atoms with Crippen molar-refractivity contribution in [3.63, 3.8) is 0 Å². The van der Waals surface area contributed by atoms with Gasteiger partial charge in [-0.2, -0.15) is 0 Å². The molecule has 3 amide bonds. The van der Waals surface area contributed by atoms with Crippen molar-refractivity contribution in [2.75, 3.05) is 25.2 Å². The van der Waals surface area contributed by atoms with Gasteiger partial charge in [0.1, 0.15) is 5.69 Å². The Morgan fingerprint density at radius 1 is 1.29 bits per heavy atom. The van der Waals surface area contributed by atoms with E-state index in [0.29, 0.717) is 43.9 Å². The van der Waals surface area contributed by atoms with Crippen LogP contribution in [-0.4, -0.2) is 60.0 Å². The molecule has 1 aromatic carbocycles. The summed E-state index contributed by atoms with van der Waals surface area (Å²) < 4.78 is 5.03. The first kappa shape index (κ1) is 24.2. The lowest BCUT2D eigenvalue weighted by Gasteiger charge is -2.36. The van der Waals surface area contributed by atoms with Gasteiger partial charge in [0.25, 0.3) is 11.8 Å². The molecule has 1 aromatic heterocycles. The second kappa shape index (κ2) is 10.1. The third-order valence-electron chi connectivity index (χ3n) is 6.79.